The van der Waals surface area contributed by atoms with Gasteiger partial charge in [-0.15, -0.1) is 0 Å². The SMILES string of the molecule is CCC(NC(=O)CCCN)C(=O)O. The van der Waals surface area contributed by atoms with Crippen molar-refractivity contribution in [2.75, 3.05) is 6.54 Å². The van der Waals surface area contributed by atoms with Crippen LogP contribution >= 0.6 is 0 Å². The minimum Gasteiger partial charge on any atom is -0.480 e. The van der Waals surface area contributed by atoms with Crippen LogP contribution in [-0.2, 0) is 9.59 Å². The highest BCUT2D eigenvalue weighted by Crippen LogP contribution is 1.93. The Labute approximate surface area is 77.3 Å². The summed E-state index contributed by atoms with van der Waals surface area (Å²) < 4.78 is 0. The van der Waals surface area contributed by atoms with Crippen molar-refractivity contribution in [1.82, 2.24) is 5.32 Å². The summed E-state index contributed by atoms with van der Waals surface area (Å²) in [6.07, 6.45) is 1.27. The van der Waals surface area contributed by atoms with E-state index in [0.717, 1.165) is 0 Å². The third kappa shape index (κ3) is 5.19. The summed E-state index contributed by atoms with van der Waals surface area (Å²) in [6, 6.07) is -0.773. The van der Waals surface area contributed by atoms with E-state index in [9.17, 15) is 9.59 Å². The molecule has 0 rings (SSSR count). The standard InChI is InChI=1S/C8H16N2O3/c1-2-6(8(12)13)10-7(11)4-3-5-9/h6H,2-5,9H2,1H3,(H,10,11)(H,12,13). The minimum absolute atomic E-state index is 0.250. The summed E-state index contributed by atoms with van der Waals surface area (Å²) in [4.78, 5) is 21.5. The van der Waals surface area contributed by atoms with Gasteiger partial charge in [-0.05, 0) is 19.4 Å². The van der Waals surface area contributed by atoms with Crippen LogP contribution in [0.15, 0.2) is 0 Å². The van der Waals surface area contributed by atoms with Gasteiger partial charge in [0.25, 0.3) is 0 Å². The van der Waals surface area contributed by atoms with E-state index < -0.39 is 12.0 Å². The number of hydrogen-bond acceptors (Lipinski definition) is 3. The fourth-order valence-electron chi connectivity index (χ4n) is 0.868. The van der Waals surface area contributed by atoms with Gasteiger partial charge in [0.05, 0.1) is 0 Å². The number of carboxylic acids is 1. The van der Waals surface area contributed by atoms with Crippen LogP contribution in [0.25, 0.3) is 0 Å². The van der Waals surface area contributed by atoms with Gasteiger partial charge in [0.15, 0.2) is 0 Å². The van der Waals surface area contributed by atoms with Crippen LogP contribution in [0.3, 0.4) is 0 Å². The molecule has 5 heteroatoms. The van der Waals surface area contributed by atoms with E-state index in [4.69, 9.17) is 10.8 Å². The van der Waals surface area contributed by atoms with Crippen LogP contribution in [0.5, 0.6) is 0 Å². The van der Waals surface area contributed by atoms with Crippen LogP contribution in [0.2, 0.25) is 0 Å². The highest BCUT2D eigenvalue weighted by Gasteiger charge is 2.16. The monoisotopic (exact) mass is 188 g/mol. The number of nitrogens with one attached hydrogen (secondary N) is 1. The average Bonchev–Trinajstić information content (AvgIpc) is 2.10. The molecule has 0 saturated carbocycles. The molecule has 13 heavy (non-hydrogen) atoms. The molecule has 4 N–H and O–H groups in total. The van der Waals surface area contributed by atoms with Crippen molar-refractivity contribution in [3.63, 3.8) is 0 Å². The lowest BCUT2D eigenvalue weighted by atomic mass is 10.2. The zero-order valence-corrected chi connectivity index (χ0v) is 7.75. The Bertz CT molecular complexity index is 182. The average molecular weight is 188 g/mol. The van der Waals surface area contributed by atoms with Gasteiger partial charge in [-0.25, -0.2) is 4.79 Å². The molecular weight excluding hydrogens is 172 g/mol. The predicted octanol–water partition coefficient (Wildman–Crippen LogP) is -0.295. The largest absolute Gasteiger partial charge is 0.480 e. The molecule has 1 amide bonds. The van der Waals surface area contributed by atoms with E-state index in [0.29, 0.717) is 25.8 Å². The van der Waals surface area contributed by atoms with Gasteiger partial charge >= 0.3 is 5.97 Å². The summed E-state index contributed by atoms with van der Waals surface area (Å²) in [5, 5.41) is 11.0. The van der Waals surface area contributed by atoms with Gasteiger partial charge in [-0.1, -0.05) is 6.92 Å². The molecule has 1 atom stereocenters. The number of carboxylic acid groups (broad SMARTS) is 1. The Morgan fingerprint density at radius 1 is 1.54 bits per heavy atom. The lowest BCUT2D eigenvalue weighted by Crippen LogP contribution is -2.40. The molecule has 0 aromatic rings. The van der Waals surface area contributed by atoms with Gasteiger partial charge in [0.2, 0.25) is 5.91 Å². The topological polar surface area (TPSA) is 92.4 Å². The van der Waals surface area contributed by atoms with E-state index in [-0.39, 0.29) is 5.91 Å². The van der Waals surface area contributed by atoms with Crippen molar-refractivity contribution in [3.8, 4) is 0 Å². The number of hydrogen-bond donors (Lipinski definition) is 3. The lowest BCUT2D eigenvalue weighted by Gasteiger charge is -2.11. The maximum Gasteiger partial charge on any atom is 0.326 e. The summed E-state index contributed by atoms with van der Waals surface area (Å²) >= 11 is 0. The van der Waals surface area contributed by atoms with E-state index >= 15 is 0 Å². The molecule has 76 valence electrons. The second kappa shape index (κ2) is 6.42. The van der Waals surface area contributed by atoms with Gasteiger partial charge in [-0.2, -0.15) is 0 Å². The number of aliphatic carboxylic acids is 1. The molecule has 0 heterocycles. The van der Waals surface area contributed by atoms with E-state index in [1.54, 1.807) is 6.92 Å². The molecule has 0 bridgehead atoms. The molecule has 0 fully saturated rings. The second-order valence-electron chi connectivity index (χ2n) is 2.76. The smallest absolute Gasteiger partial charge is 0.326 e. The number of nitrogens with two attached hydrogens (primary N) is 1. The van der Waals surface area contributed by atoms with Crippen molar-refractivity contribution in [2.24, 2.45) is 5.73 Å². The molecule has 0 aromatic carbocycles. The zero-order chi connectivity index (χ0) is 10.3. The predicted molar refractivity (Wildman–Crippen MR) is 48.1 cm³/mol. The summed E-state index contributed by atoms with van der Waals surface area (Å²) in [5.74, 6) is -1.25. The molecule has 5 nitrogen and oxygen atoms in total. The maximum atomic E-state index is 11.0. The van der Waals surface area contributed by atoms with Gasteiger partial charge < -0.3 is 16.2 Å². The third-order valence-corrected chi connectivity index (χ3v) is 1.65. The highest BCUT2D eigenvalue weighted by atomic mass is 16.4. The Kier molecular flexibility index (Phi) is 5.88. The fourth-order valence-corrected chi connectivity index (χ4v) is 0.868. The van der Waals surface area contributed by atoms with E-state index in [1.807, 2.05) is 0 Å². The van der Waals surface area contributed by atoms with Crippen molar-refractivity contribution < 1.29 is 14.7 Å². The van der Waals surface area contributed by atoms with Gasteiger partial charge in [0.1, 0.15) is 6.04 Å². The second-order valence-corrected chi connectivity index (χ2v) is 2.76. The molecule has 0 aliphatic rings. The Morgan fingerprint density at radius 2 is 2.15 bits per heavy atom. The van der Waals surface area contributed by atoms with Gasteiger partial charge in [0, 0.05) is 6.42 Å². The molecule has 0 spiro atoms. The Balaban J connectivity index is 3.80. The number of amides is 1. The molecule has 0 radical (unpaired) electrons. The third-order valence-electron chi connectivity index (χ3n) is 1.65. The lowest BCUT2D eigenvalue weighted by molar-refractivity contribution is -0.141. The zero-order valence-electron chi connectivity index (χ0n) is 7.75. The molecule has 0 saturated heterocycles. The number of carbonyl (C=O) groups is 2. The van der Waals surface area contributed by atoms with Crippen molar-refractivity contribution in [3.05, 3.63) is 0 Å². The Hall–Kier alpha value is -1.10. The normalized spacial score (nSPS) is 12.2. The van der Waals surface area contributed by atoms with E-state index in [1.165, 1.54) is 0 Å². The number of rotatable bonds is 6. The minimum atomic E-state index is -0.997. The van der Waals surface area contributed by atoms with Crippen LogP contribution in [0.1, 0.15) is 26.2 Å². The van der Waals surface area contributed by atoms with Crippen LogP contribution in [0.4, 0.5) is 0 Å². The first kappa shape index (κ1) is 11.9. The highest BCUT2D eigenvalue weighted by molar-refractivity contribution is 5.83. The first-order valence-electron chi connectivity index (χ1n) is 4.34. The molecular formula is C8H16N2O3. The quantitative estimate of drug-likeness (QED) is 0.533. The van der Waals surface area contributed by atoms with Gasteiger partial charge in [-0.3, -0.25) is 4.79 Å². The summed E-state index contributed by atoms with van der Waals surface area (Å²) in [5.41, 5.74) is 5.20. The van der Waals surface area contributed by atoms with Crippen LogP contribution in [0, 0.1) is 0 Å². The maximum absolute atomic E-state index is 11.0. The molecule has 1 unspecified atom stereocenters. The van der Waals surface area contributed by atoms with Crippen molar-refractivity contribution in [2.45, 2.75) is 32.2 Å². The Morgan fingerprint density at radius 3 is 2.54 bits per heavy atom. The molecule has 0 aromatic heterocycles. The molecule has 0 aliphatic carbocycles. The summed E-state index contributed by atoms with van der Waals surface area (Å²) in [6.45, 7) is 2.15. The van der Waals surface area contributed by atoms with Crippen molar-refractivity contribution >= 4 is 11.9 Å². The first-order chi connectivity index (χ1) is 6.11. The van der Waals surface area contributed by atoms with Crippen molar-refractivity contribution in [1.29, 1.82) is 0 Å². The fraction of sp³-hybridized carbons (Fsp3) is 0.750. The van der Waals surface area contributed by atoms with E-state index in [2.05, 4.69) is 5.32 Å². The molecule has 0 aliphatic heterocycles. The van der Waals surface area contributed by atoms with Crippen LogP contribution < -0.4 is 11.1 Å². The first-order valence-corrected chi connectivity index (χ1v) is 4.34. The van der Waals surface area contributed by atoms with Crippen LogP contribution in [-0.4, -0.2) is 29.6 Å². The summed E-state index contributed by atoms with van der Waals surface area (Å²) in [7, 11) is 0. The number of carbonyl (C=O) groups excluding carboxylic acids is 1.